The zero-order valence-corrected chi connectivity index (χ0v) is 20.8. The lowest BCUT2D eigenvalue weighted by Crippen LogP contribution is -2.48. The first-order valence-electron chi connectivity index (χ1n) is 10.7. The van der Waals surface area contributed by atoms with Crippen molar-refractivity contribution in [3.05, 3.63) is 54.5 Å². The normalized spacial score (nSPS) is 16.3. The summed E-state index contributed by atoms with van der Waals surface area (Å²) in [5.74, 6) is -0.282. The summed E-state index contributed by atoms with van der Waals surface area (Å²) < 4.78 is 36.2. The standard InChI is InChI=1S/C22H27N6O7P/c1-15(21(30)32-2)27-36(31,35-17-7-5-4-6-8-17)34-13-22(12-23,33-3)19(29)11-16-9-10-18-20(24)25-14-26-28(16)18/h4-10,14-15,19,29H,11,13H2,1-3H3,(H,27,31)(H2,24,25,26)/t15-,19-,22+,36?/m0/s1. The number of carbonyl (C=O) groups excluding carboxylic acids is 1. The number of anilines is 1. The van der Waals surface area contributed by atoms with Crippen molar-refractivity contribution in [1.82, 2.24) is 19.7 Å². The number of rotatable bonds is 12. The summed E-state index contributed by atoms with van der Waals surface area (Å²) in [4.78, 5) is 15.8. The van der Waals surface area contributed by atoms with E-state index in [2.05, 4.69) is 19.9 Å². The number of carbonyl (C=O) groups is 1. The van der Waals surface area contributed by atoms with E-state index in [-0.39, 0.29) is 18.0 Å². The van der Waals surface area contributed by atoms with Crippen molar-refractivity contribution in [2.75, 3.05) is 26.6 Å². The molecule has 2 aromatic heterocycles. The number of hydrogen-bond acceptors (Lipinski definition) is 11. The molecular weight excluding hydrogens is 491 g/mol. The Balaban J connectivity index is 1.84. The number of nitrogens with one attached hydrogen (secondary N) is 1. The fourth-order valence-electron chi connectivity index (χ4n) is 3.33. The van der Waals surface area contributed by atoms with Crippen molar-refractivity contribution in [2.45, 2.75) is 31.1 Å². The van der Waals surface area contributed by atoms with Crippen LogP contribution in [0.2, 0.25) is 0 Å². The van der Waals surface area contributed by atoms with Crippen LogP contribution in [-0.2, 0) is 29.8 Å². The number of nitriles is 1. The van der Waals surface area contributed by atoms with Crippen molar-refractivity contribution >= 4 is 25.1 Å². The first-order valence-corrected chi connectivity index (χ1v) is 12.3. The highest BCUT2D eigenvalue weighted by Crippen LogP contribution is 2.46. The van der Waals surface area contributed by atoms with Crippen molar-refractivity contribution in [3.63, 3.8) is 0 Å². The fraction of sp³-hybridized carbons (Fsp3) is 0.364. The van der Waals surface area contributed by atoms with Gasteiger partial charge in [-0.15, -0.1) is 0 Å². The quantitative estimate of drug-likeness (QED) is 0.232. The molecule has 0 fully saturated rings. The van der Waals surface area contributed by atoms with Crippen LogP contribution in [0.4, 0.5) is 5.82 Å². The number of esters is 1. The average molecular weight is 518 g/mol. The number of hydrogen-bond donors (Lipinski definition) is 3. The molecule has 13 nitrogen and oxygen atoms in total. The Hall–Kier alpha value is -3.53. The van der Waals surface area contributed by atoms with Gasteiger partial charge in [-0.2, -0.15) is 15.4 Å². The molecule has 14 heteroatoms. The van der Waals surface area contributed by atoms with Gasteiger partial charge in [0.05, 0.1) is 7.11 Å². The van der Waals surface area contributed by atoms with Gasteiger partial charge in [0.25, 0.3) is 0 Å². The Kier molecular flexibility index (Phi) is 8.62. The molecule has 3 aromatic rings. The SMILES string of the molecule is COC(=O)[C@H](C)NP(=O)(OC[C@@](C#N)(OC)[C@@H](O)Cc1ccc2c(N)ncnn12)Oc1ccccc1. The Labute approximate surface area is 207 Å². The average Bonchev–Trinajstić information content (AvgIpc) is 3.29. The molecule has 0 saturated heterocycles. The van der Waals surface area contributed by atoms with Gasteiger partial charge in [-0.05, 0) is 31.2 Å². The molecule has 1 aromatic carbocycles. The third-order valence-corrected chi connectivity index (χ3v) is 7.00. The summed E-state index contributed by atoms with van der Waals surface area (Å²) in [5.41, 5.74) is 4.93. The second kappa shape index (κ2) is 11.5. The third kappa shape index (κ3) is 5.99. The number of aliphatic hydroxyl groups excluding tert-OH is 1. The number of methoxy groups -OCH3 is 2. The first-order chi connectivity index (χ1) is 17.2. The highest BCUT2D eigenvalue weighted by molar-refractivity contribution is 7.52. The molecule has 0 spiro atoms. The molecular formula is C22H27N6O7P. The van der Waals surface area contributed by atoms with Crippen LogP contribution in [0.1, 0.15) is 12.6 Å². The highest BCUT2D eigenvalue weighted by atomic mass is 31.2. The van der Waals surface area contributed by atoms with E-state index in [0.717, 1.165) is 0 Å². The molecule has 0 bridgehead atoms. The number of benzene rings is 1. The van der Waals surface area contributed by atoms with E-state index in [1.807, 2.05) is 6.07 Å². The lowest BCUT2D eigenvalue weighted by Gasteiger charge is -2.31. The number of aliphatic hydroxyl groups is 1. The number of nitrogens with two attached hydrogens (primary N) is 1. The minimum atomic E-state index is -4.28. The summed E-state index contributed by atoms with van der Waals surface area (Å²) in [6, 6.07) is 12.3. The third-order valence-electron chi connectivity index (χ3n) is 5.38. The maximum Gasteiger partial charge on any atom is 0.459 e. The molecule has 0 saturated carbocycles. The summed E-state index contributed by atoms with van der Waals surface area (Å²) in [6.07, 6.45) is -0.281. The largest absolute Gasteiger partial charge is 0.468 e. The molecule has 4 N–H and O–H groups in total. The van der Waals surface area contributed by atoms with E-state index in [4.69, 9.17) is 19.5 Å². The minimum Gasteiger partial charge on any atom is -0.468 e. The van der Waals surface area contributed by atoms with Crippen LogP contribution in [0.3, 0.4) is 0 Å². The summed E-state index contributed by atoms with van der Waals surface area (Å²) in [5, 5.41) is 27.6. The van der Waals surface area contributed by atoms with Gasteiger partial charge in [-0.1, -0.05) is 18.2 Å². The number of nitrogens with zero attached hydrogens (tertiary/aromatic N) is 4. The smallest absolute Gasteiger partial charge is 0.459 e. The number of para-hydroxylation sites is 1. The summed E-state index contributed by atoms with van der Waals surface area (Å²) >= 11 is 0. The molecule has 1 unspecified atom stereocenters. The second-order valence-corrected chi connectivity index (χ2v) is 9.44. The maximum atomic E-state index is 13.6. The van der Waals surface area contributed by atoms with Crippen molar-refractivity contribution < 1.29 is 33.0 Å². The van der Waals surface area contributed by atoms with Crippen LogP contribution in [0.5, 0.6) is 5.75 Å². The van der Waals surface area contributed by atoms with Gasteiger partial charge in [0.1, 0.15) is 42.4 Å². The molecule has 2 heterocycles. The van der Waals surface area contributed by atoms with Gasteiger partial charge in [-0.3, -0.25) is 9.32 Å². The molecule has 192 valence electrons. The zero-order chi connectivity index (χ0) is 26.3. The number of ether oxygens (including phenoxy) is 2. The van der Waals surface area contributed by atoms with Gasteiger partial charge in [-0.25, -0.2) is 14.1 Å². The predicted molar refractivity (Wildman–Crippen MR) is 128 cm³/mol. The molecule has 36 heavy (non-hydrogen) atoms. The predicted octanol–water partition coefficient (Wildman–Crippen LogP) is 1.48. The van der Waals surface area contributed by atoms with Crippen LogP contribution in [0.25, 0.3) is 5.52 Å². The minimum absolute atomic E-state index is 0.0920. The van der Waals surface area contributed by atoms with E-state index in [1.165, 1.54) is 44.1 Å². The van der Waals surface area contributed by atoms with Crippen LogP contribution in [0.15, 0.2) is 48.8 Å². The summed E-state index contributed by atoms with van der Waals surface area (Å²) in [6.45, 7) is 0.733. The van der Waals surface area contributed by atoms with Gasteiger partial charge in [0.15, 0.2) is 5.82 Å². The molecule has 0 aliphatic carbocycles. The first kappa shape index (κ1) is 27.1. The lowest BCUT2D eigenvalue weighted by molar-refractivity contribution is -0.142. The van der Waals surface area contributed by atoms with Crippen LogP contribution in [0, 0.1) is 11.3 Å². The Morgan fingerprint density at radius 1 is 1.31 bits per heavy atom. The van der Waals surface area contributed by atoms with Crippen LogP contribution < -0.4 is 15.3 Å². The number of aromatic nitrogens is 3. The molecule has 0 amide bonds. The lowest BCUT2D eigenvalue weighted by atomic mass is 9.95. The van der Waals surface area contributed by atoms with E-state index in [0.29, 0.717) is 11.2 Å². The van der Waals surface area contributed by atoms with Crippen molar-refractivity contribution in [2.24, 2.45) is 0 Å². The molecule has 4 atom stereocenters. The van der Waals surface area contributed by atoms with Gasteiger partial charge in [0, 0.05) is 19.2 Å². The van der Waals surface area contributed by atoms with Crippen LogP contribution in [-0.4, -0.2) is 64.2 Å². The number of nitrogen functional groups attached to an aromatic ring is 1. The van der Waals surface area contributed by atoms with E-state index >= 15 is 0 Å². The summed E-state index contributed by atoms with van der Waals surface area (Å²) in [7, 11) is -1.89. The fourth-order valence-corrected chi connectivity index (χ4v) is 4.85. The topological polar surface area (TPSA) is 183 Å². The molecule has 0 radical (unpaired) electrons. The van der Waals surface area contributed by atoms with Crippen molar-refractivity contribution in [3.8, 4) is 11.8 Å². The van der Waals surface area contributed by atoms with Crippen molar-refractivity contribution in [1.29, 1.82) is 5.26 Å². The van der Waals surface area contributed by atoms with Gasteiger partial charge >= 0.3 is 13.7 Å². The van der Waals surface area contributed by atoms with Gasteiger partial charge in [0.2, 0.25) is 5.60 Å². The maximum absolute atomic E-state index is 13.6. The monoisotopic (exact) mass is 518 g/mol. The van der Waals surface area contributed by atoms with Gasteiger partial charge < -0.3 is 24.8 Å². The molecule has 3 rings (SSSR count). The molecule has 0 aliphatic rings. The van der Waals surface area contributed by atoms with E-state index in [1.54, 1.807) is 30.3 Å². The van der Waals surface area contributed by atoms with E-state index < -0.39 is 38.1 Å². The highest BCUT2D eigenvalue weighted by Gasteiger charge is 2.43. The van der Waals surface area contributed by atoms with Crippen LogP contribution >= 0.6 is 7.75 Å². The van der Waals surface area contributed by atoms with E-state index in [9.17, 15) is 19.7 Å². The number of fused-ring (bicyclic) bond motifs is 1. The second-order valence-electron chi connectivity index (χ2n) is 7.74. The Morgan fingerprint density at radius 2 is 2.03 bits per heavy atom. The Bertz CT molecular complexity index is 1280. The zero-order valence-electron chi connectivity index (χ0n) is 19.9. The Morgan fingerprint density at radius 3 is 2.67 bits per heavy atom. The molecule has 0 aliphatic heterocycles.